The van der Waals surface area contributed by atoms with Gasteiger partial charge in [-0.3, -0.25) is 0 Å². The maximum atomic E-state index is 5.68. The van der Waals surface area contributed by atoms with Crippen molar-refractivity contribution in [3.05, 3.63) is 34.6 Å². The Labute approximate surface area is 109 Å². The smallest absolute Gasteiger partial charge is 0.141 e. The summed E-state index contributed by atoms with van der Waals surface area (Å²) in [5.74, 6) is 1.69. The molecule has 90 valence electrons. The highest BCUT2D eigenvalue weighted by Crippen LogP contribution is 2.26. The molecule has 0 atom stereocenters. The number of ether oxygens (including phenoxy) is 1. The molecule has 1 aromatic carbocycles. The normalized spacial score (nSPS) is 10.6. The van der Waals surface area contributed by atoms with Crippen molar-refractivity contribution in [1.29, 1.82) is 0 Å². The Morgan fingerprint density at radius 1 is 1.47 bits per heavy atom. The number of nitrogens with zero attached hydrogens (tertiary/aromatic N) is 2. The van der Waals surface area contributed by atoms with Gasteiger partial charge in [0.1, 0.15) is 16.2 Å². The highest BCUT2D eigenvalue weighted by molar-refractivity contribution is 9.10. The zero-order valence-electron chi connectivity index (χ0n) is 9.77. The van der Waals surface area contributed by atoms with Crippen LogP contribution < -0.4 is 10.5 Å². The van der Waals surface area contributed by atoms with Crippen LogP contribution in [0.1, 0.15) is 5.69 Å². The highest BCUT2D eigenvalue weighted by Gasteiger charge is 2.13. The van der Waals surface area contributed by atoms with Crippen LogP contribution in [0.4, 0.5) is 0 Å². The van der Waals surface area contributed by atoms with E-state index in [-0.39, 0.29) is 0 Å². The monoisotopic (exact) mass is 295 g/mol. The Bertz CT molecular complexity index is 537. The van der Waals surface area contributed by atoms with Crippen LogP contribution in [-0.4, -0.2) is 16.7 Å². The van der Waals surface area contributed by atoms with Gasteiger partial charge < -0.3 is 15.0 Å². The van der Waals surface area contributed by atoms with E-state index in [2.05, 4.69) is 20.9 Å². The van der Waals surface area contributed by atoms with Gasteiger partial charge in [-0.25, -0.2) is 4.98 Å². The average Bonchev–Trinajstić information content (AvgIpc) is 2.64. The largest absolute Gasteiger partial charge is 0.497 e. The van der Waals surface area contributed by atoms with Crippen molar-refractivity contribution in [3.63, 3.8) is 0 Å². The van der Waals surface area contributed by atoms with Gasteiger partial charge in [-0.1, -0.05) is 12.1 Å². The van der Waals surface area contributed by atoms with Gasteiger partial charge >= 0.3 is 0 Å². The molecule has 2 N–H and O–H groups in total. The van der Waals surface area contributed by atoms with Crippen LogP contribution in [0.3, 0.4) is 0 Å². The minimum absolute atomic E-state index is 0.452. The predicted molar refractivity (Wildman–Crippen MR) is 70.8 cm³/mol. The van der Waals surface area contributed by atoms with Crippen molar-refractivity contribution >= 4 is 15.9 Å². The zero-order chi connectivity index (χ0) is 12.4. The molecule has 0 unspecified atom stereocenters. The van der Waals surface area contributed by atoms with Crippen molar-refractivity contribution < 1.29 is 4.74 Å². The molecule has 5 heteroatoms. The molecular formula is C12H14BrN3O. The molecule has 0 bridgehead atoms. The first-order valence-corrected chi connectivity index (χ1v) is 6.02. The average molecular weight is 296 g/mol. The Kier molecular flexibility index (Phi) is 3.49. The van der Waals surface area contributed by atoms with Gasteiger partial charge in [0.15, 0.2) is 0 Å². The Morgan fingerprint density at radius 3 is 2.82 bits per heavy atom. The van der Waals surface area contributed by atoms with Crippen molar-refractivity contribution in [2.75, 3.05) is 7.11 Å². The maximum Gasteiger partial charge on any atom is 0.141 e. The lowest BCUT2D eigenvalue weighted by Crippen LogP contribution is -2.04. The molecule has 1 aromatic heterocycles. The standard InChI is InChI=1S/C12H14BrN3O/c1-16-10(7-14)11(13)15-12(16)8-4-3-5-9(6-8)17-2/h3-6H,7,14H2,1-2H3. The van der Waals surface area contributed by atoms with Gasteiger partial charge in [0, 0.05) is 19.2 Å². The number of imidazole rings is 1. The van der Waals surface area contributed by atoms with Gasteiger partial charge in [-0.2, -0.15) is 0 Å². The summed E-state index contributed by atoms with van der Waals surface area (Å²) in [6, 6.07) is 7.80. The van der Waals surface area contributed by atoms with Crippen molar-refractivity contribution in [2.24, 2.45) is 12.8 Å². The lowest BCUT2D eigenvalue weighted by Gasteiger charge is -2.06. The van der Waals surface area contributed by atoms with Crippen molar-refractivity contribution in [3.8, 4) is 17.1 Å². The second-order valence-electron chi connectivity index (χ2n) is 3.67. The summed E-state index contributed by atoms with van der Waals surface area (Å²) in [5, 5.41) is 0. The lowest BCUT2D eigenvalue weighted by atomic mass is 10.2. The van der Waals surface area contributed by atoms with Gasteiger partial charge in [0.25, 0.3) is 0 Å². The van der Waals surface area contributed by atoms with Crippen LogP contribution in [0.15, 0.2) is 28.9 Å². The molecule has 1 heterocycles. The molecule has 0 aliphatic rings. The van der Waals surface area contributed by atoms with E-state index >= 15 is 0 Å². The van der Waals surface area contributed by atoms with Crippen LogP contribution >= 0.6 is 15.9 Å². The number of hydrogen-bond donors (Lipinski definition) is 1. The molecule has 0 saturated carbocycles. The first-order chi connectivity index (χ1) is 8.17. The molecule has 4 nitrogen and oxygen atoms in total. The minimum Gasteiger partial charge on any atom is -0.497 e. The number of aromatic nitrogens is 2. The van der Waals surface area contributed by atoms with Gasteiger partial charge in [0.05, 0.1) is 12.8 Å². The molecule has 2 aromatic rings. The summed E-state index contributed by atoms with van der Waals surface area (Å²) in [7, 11) is 3.60. The van der Waals surface area contributed by atoms with E-state index in [1.165, 1.54) is 0 Å². The summed E-state index contributed by atoms with van der Waals surface area (Å²) in [6.45, 7) is 0.452. The Hall–Kier alpha value is -1.33. The van der Waals surface area contributed by atoms with Gasteiger partial charge in [0.2, 0.25) is 0 Å². The topological polar surface area (TPSA) is 53.1 Å². The van der Waals surface area contributed by atoms with E-state index in [4.69, 9.17) is 10.5 Å². The Morgan fingerprint density at radius 2 is 2.24 bits per heavy atom. The highest BCUT2D eigenvalue weighted by atomic mass is 79.9. The summed E-state index contributed by atoms with van der Waals surface area (Å²) in [6.07, 6.45) is 0. The molecule has 0 saturated heterocycles. The number of benzene rings is 1. The number of methoxy groups -OCH3 is 1. The van der Waals surface area contributed by atoms with E-state index in [1.807, 2.05) is 35.9 Å². The van der Waals surface area contributed by atoms with Crippen LogP contribution in [-0.2, 0) is 13.6 Å². The molecule has 17 heavy (non-hydrogen) atoms. The van der Waals surface area contributed by atoms with E-state index < -0.39 is 0 Å². The summed E-state index contributed by atoms with van der Waals surface area (Å²) in [5.41, 5.74) is 7.66. The molecule has 0 fully saturated rings. The quantitative estimate of drug-likeness (QED) is 0.945. The first kappa shape index (κ1) is 12.1. The number of rotatable bonds is 3. The number of hydrogen-bond acceptors (Lipinski definition) is 3. The SMILES string of the molecule is COc1cccc(-c2nc(Br)c(CN)n2C)c1. The molecule has 2 rings (SSSR count). The van der Waals surface area contributed by atoms with E-state index in [0.29, 0.717) is 6.54 Å². The lowest BCUT2D eigenvalue weighted by molar-refractivity contribution is 0.415. The summed E-state index contributed by atoms with van der Waals surface area (Å²) >= 11 is 3.42. The fourth-order valence-electron chi connectivity index (χ4n) is 1.74. The van der Waals surface area contributed by atoms with Crippen LogP contribution in [0.5, 0.6) is 5.75 Å². The van der Waals surface area contributed by atoms with E-state index in [1.54, 1.807) is 7.11 Å². The van der Waals surface area contributed by atoms with Gasteiger partial charge in [-0.15, -0.1) is 0 Å². The molecule has 0 amide bonds. The third kappa shape index (κ3) is 2.21. The molecule has 0 spiro atoms. The fraction of sp³-hybridized carbons (Fsp3) is 0.250. The van der Waals surface area contributed by atoms with Crippen molar-refractivity contribution in [2.45, 2.75) is 6.54 Å². The second-order valence-corrected chi connectivity index (χ2v) is 4.42. The molecule has 0 radical (unpaired) electrons. The van der Waals surface area contributed by atoms with Crippen LogP contribution in [0.2, 0.25) is 0 Å². The molecular weight excluding hydrogens is 282 g/mol. The number of halogens is 1. The van der Waals surface area contributed by atoms with Crippen LogP contribution in [0, 0.1) is 0 Å². The van der Waals surface area contributed by atoms with Gasteiger partial charge in [-0.05, 0) is 28.1 Å². The summed E-state index contributed by atoms with van der Waals surface area (Å²) < 4.78 is 7.98. The predicted octanol–water partition coefficient (Wildman–Crippen LogP) is 2.32. The fourth-order valence-corrected chi connectivity index (χ4v) is 2.34. The second kappa shape index (κ2) is 4.89. The molecule has 0 aliphatic heterocycles. The van der Waals surface area contributed by atoms with Crippen molar-refractivity contribution in [1.82, 2.24) is 9.55 Å². The maximum absolute atomic E-state index is 5.68. The zero-order valence-corrected chi connectivity index (χ0v) is 11.4. The Balaban J connectivity index is 2.52. The third-order valence-corrected chi connectivity index (χ3v) is 3.32. The third-order valence-electron chi connectivity index (χ3n) is 2.69. The minimum atomic E-state index is 0.452. The number of nitrogens with two attached hydrogens (primary N) is 1. The van der Waals surface area contributed by atoms with E-state index in [0.717, 1.165) is 27.4 Å². The van der Waals surface area contributed by atoms with Crippen LogP contribution in [0.25, 0.3) is 11.4 Å². The summed E-state index contributed by atoms with van der Waals surface area (Å²) in [4.78, 5) is 4.47. The first-order valence-electron chi connectivity index (χ1n) is 5.23. The molecule has 0 aliphatic carbocycles. The van der Waals surface area contributed by atoms with E-state index in [9.17, 15) is 0 Å².